The van der Waals surface area contributed by atoms with Crippen molar-refractivity contribution in [2.75, 3.05) is 26.7 Å². The van der Waals surface area contributed by atoms with Crippen molar-refractivity contribution in [1.29, 1.82) is 0 Å². The lowest BCUT2D eigenvalue weighted by molar-refractivity contribution is -0.127. The zero-order chi connectivity index (χ0) is 17.0. The Balaban J connectivity index is 1.69. The predicted octanol–water partition coefficient (Wildman–Crippen LogP) is 2.87. The number of rotatable bonds is 6. The van der Waals surface area contributed by atoms with Crippen molar-refractivity contribution in [1.82, 2.24) is 10.6 Å². The number of carbonyl (C=O) groups excluding carboxylic acids is 1. The minimum Gasteiger partial charge on any atom is -0.497 e. The van der Waals surface area contributed by atoms with Gasteiger partial charge < -0.3 is 15.4 Å². The molecule has 132 valence electrons. The number of carbonyl (C=O) groups is 1. The van der Waals surface area contributed by atoms with E-state index < -0.39 is 0 Å². The summed E-state index contributed by atoms with van der Waals surface area (Å²) in [5.74, 6) is 1.69. The summed E-state index contributed by atoms with van der Waals surface area (Å²) >= 11 is 0. The minimum absolute atomic E-state index is 0.0811. The lowest BCUT2D eigenvalue weighted by atomic mass is 9.69. The Labute approximate surface area is 145 Å². The van der Waals surface area contributed by atoms with Crippen molar-refractivity contribution in [2.45, 2.75) is 44.4 Å². The zero-order valence-electron chi connectivity index (χ0n) is 14.9. The van der Waals surface area contributed by atoms with Crippen LogP contribution < -0.4 is 15.4 Å². The third-order valence-electron chi connectivity index (χ3n) is 6.05. The van der Waals surface area contributed by atoms with Crippen LogP contribution in [0.5, 0.6) is 5.75 Å². The Morgan fingerprint density at radius 3 is 2.46 bits per heavy atom. The largest absolute Gasteiger partial charge is 0.497 e. The van der Waals surface area contributed by atoms with Gasteiger partial charge in [0, 0.05) is 17.9 Å². The number of ether oxygens (including phenoxy) is 1. The van der Waals surface area contributed by atoms with Crippen molar-refractivity contribution in [2.24, 2.45) is 11.8 Å². The summed E-state index contributed by atoms with van der Waals surface area (Å²) in [4.78, 5) is 12.5. The predicted molar refractivity (Wildman–Crippen MR) is 96.3 cm³/mol. The molecular formula is C20H30N2O2. The monoisotopic (exact) mass is 330 g/mol. The molecule has 1 atom stereocenters. The summed E-state index contributed by atoms with van der Waals surface area (Å²) in [6, 6.07) is 8.43. The zero-order valence-corrected chi connectivity index (χ0v) is 14.9. The molecule has 1 saturated heterocycles. The van der Waals surface area contributed by atoms with Gasteiger partial charge >= 0.3 is 0 Å². The minimum atomic E-state index is 0.0811. The highest BCUT2D eigenvalue weighted by Gasteiger charge is 2.35. The van der Waals surface area contributed by atoms with Gasteiger partial charge in [-0.25, -0.2) is 0 Å². The molecule has 4 nitrogen and oxygen atoms in total. The molecule has 1 aliphatic heterocycles. The van der Waals surface area contributed by atoms with E-state index in [2.05, 4.69) is 29.7 Å². The van der Waals surface area contributed by atoms with Crippen LogP contribution >= 0.6 is 0 Å². The quantitative estimate of drug-likeness (QED) is 0.843. The summed E-state index contributed by atoms with van der Waals surface area (Å²) in [6.45, 7) is 4.75. The lowest BCUT2D eigenvalue weighted by Crippen LogP contribution is -2.51. The molecule has 24 heavy (non-hydrogen) atoms. The van der Waals surface area contributed by atoms with Crippen LogP contribution in [0.4, 0.5) is 0 Å². The Morgan fingerprint density at radius 1 is 1.25 bits per heavy atom. The number of hydrogen-bond donors (Lipinski definition) is 2. The van der Waals surface area contributed by atoms with Crippen molar-refractivity contribution >= 4 is 5.91 Å². The first kappa shape index (κ1) is 17.3. The molecule has 0 bridgehead atoms. The van der Waals surface area contributed by atoms with Gasteiger partial charge in [-0.1, -0.05) is 38.3 Å². The van der Waals surface area contributed by atoms with E-state index in [0.29, 0.717) is 5.92 Å². The molecule has 4 heteroatoms. The van der Waals surface area contributed by atoms with Crippen molar-refractivity contribution < 1.29 is 9.53 Å². The maximum Gasteiger partial charge on any atom is 0.223 e. The van der Waals surface area contributed by atoms with E-state index in [1.54, 1.807) is 7.11 Å². The average molecular weight is 330 g/mol. The fraction of sp³-hybridized carbons (Fsp3) is 0.650. The molecule has 1 amide bonds. The summed E-state index contributed by atoms with van der Waals surface area (Å²) in [5, 5.41) is 6.53. The molecule has 1 aromatic carbocycles. The first-order valence-electron chi connectivity index (χ1n) is 9.28. The van der Waals surface area contributed by atoms with Crippen LogP contribution in [-0.4, -0.2) is 32.7 Å². The second-order valence-electron chi connectivity index (χ2n) is 7.49. The van der Waals surface area contributed by atoms with Crippen LogP contribution in [0.3, 0.4) is 0 Å². The number of amides is 1. The highest BCUT2D eigenvalue weighted by molar-refractivity contribution is 5.78. The summed E-state index contributed by atoms with van der Waals surface area (Å²) in [7, 11) is 1.70. The van der Waals surface area contributed by atoms with Crippen molar-refractivity contribution in [3.63, 3.8) is 0 Å². The molecule has 0 spiro atoms. The molecule has 1 heterocycles. The molecule has 0 radical (unpaired) electrons. The van der Waals surface area contributed by atoms with Crippen LogP contribution in [0.15, 0.2) is 24.3 Å². The molecular weight excluding hydrogens is 300 g/mol. The molecule has 2 fully saturated rings. The van der Waals surface area contributed by atoms with Gasteiger partial charge in [0.15, 0.2) is 0 Å². The Morgan fingerprint density at radius 2 is 1.92 bits per heavy atom. The van der Waals surface area contributed by atoms with Crippen molar-refractivity contribution in [3.8, 4) is 5.75 Å². The molecule has 1 unspecified atom stereocenters. The second-order valence-corrected chi connectivity index (χ2v) is 7.49. The smallest absolute Gasteiger partial charge is 0.223 e. The number of nitrogens with one attached hydrogen (secondary N) is 2. The van der Waals surface area contributed by atoms with Crippen LogP contribution in [0.1, 0.15) is 44.6 Å². The van der Waals surface area contributed by atoms with E-state index in [-0.39, 0.29) is 17.2 Å². The first-order valence-corrected chi connectivity index (χ1v) is 9.28. The molecule has 2 N–H and O–H groups in total. The number of benzene rings is 1. The third kappa shape index (κ3) is 3.59. The highest BCUT2D eigenvalue weighted by Crippen LogP contribution is 2.39. The number of methoxy groups -OCH3 is 1. The van der Waals surface area contributed by atoms with Gasteiger partial charge in [-0.2, -0.15) is 0 Å². The van der Waals surface area contributed by atoms with Gasteiger partial charge in [-0.3, -0.25) is 4.79 Å². The Kier molecular flexibility index (Phi) is 5.44. The van der Waals surface area contributed by atoms with Gasteiger partial charge in [0.05, 0.1) is 7.11 Å². The van der Waals surface area contributed by atoms with E-state index in [1.807, 2.05) is 12.1 Å². The van der Waals surface area contributed by atoms with Crippen LogP contribution in [0, 0.1) is 11.8 Å². The highest BCUT2D eigenvalue weighted by atomic mass is 16.5. The van der Waals surface area contributed by atoms with Crippen molar-refractivity contribution in [3.05, 3.63) is 29.8 Å². The Bertz CT molecular complexity index is 545. The van der Waals surface area contributed by atoms with Crippen LogP contribution in [0.2, 0.25) is 0 Å². The topological polar surface area (TPSA) is 50.4 Å². The Hall–Kier alpha value is -1.55. The summed E-state index contributed by atoms with van der Waals surface area (Å²) in [5.41, 5.74) is 1.42. The van der Waals surface area contributed by atoms with E-state index in [9.17, 15) is 4.79 Å². The fourth-order valence-electron chi connectivity index (χ4n) is 4.04. The van der Waals surface area contributed by atoms with E-state index in [0.717, 1.165) is 38.2 Å². The van der Waals surface area contributed by atoms with Gasteiger partial charge in [0.1, 0.15) is 5.75 Å². The van der Waals surface area contributed by atoms with E-state index in [1.165, 1.54) is 24.8 Å². The molecule has 1 saturated carbocycles. The molecule has 1 aromatic rings. The van der Waals surface area contributed by atoms with E-state index >= 15 is 0 Å². The SMILES string of the molecule is COc1ccc(C2(CNC(=O)C(C)C3CNC3)CCCCC2)cc1. The van der Waals surface area contributed by atoms with Crippen LogP contribution in [-0.2, 0) is 10.2 Å². The molecule has 3 rings (SSSR count). The van der Waals surface area contributed by atoms with Gasteiger partial charge in [0.25, 0.3) is 0 Å². The first-order chi connectivity index (χ1) is 11.6. The lowest BCUT2D eigenvalue weighted by Gasteiger charge is -2.39. The van der Waals surface area contributed by atoms with Gasteiger partial charge in [-0.15, -0.1) is 0 Å². The van der Waals surface area contributed by atoms with Gasteiger partial charge in [-0.05, 0) is 49.5 Å². The summed E-state index contributed by atoms with van der Waals surface area (Å²) < 4.78 is 5.29. The maximum atomic E-state index is 12.5. The second kappa shape index (κ2) is 7.56. The molecule has 1 aliphatic carbocycles. The normalized spacial score (nSPS) is 21.6. The molecule has 0 aromatic heterocycles. The van der Waals surface area contributed by atoms with Crippen LogP contribution in [0.25, 0.3) is 0 Å². The number of hydrogen-bond acceptors (Lipinski definition) is 3. The maximum absolute atomic E-state index is 12.5. The van der Waals surface area contributed by atoms with Gasteiger partial charge in [0.2, 0.25) is 5.91 Å². The van der Waals surface area contributed by atoms with E-state index in [4.69, 9.17) is 4.74 Å². The third-order valence-corrected chi connectivity index (χ3v) is 6.05. The standard InChI is InChI=1S/C20H30N2O2/c1-15(16-12-21-13-16)19(23)22-14-20(10-4-3-5-11-20)17-6-8-18(24-2)9-7-17/h6-9,15-16,21H,3-5,10-14H2,1-2H3,(H,22,23). The molecule has 2 aliphatic rings. The fourth-order valence-corrected chi connectivity index (χ4v) is 4.04. The average Bonchev–Trinajstić information content (AvgIpc) is 2.59. The summed E-state index contributed by atoms with van der Waals surface area (Å²) in [6.07, 6.45) is 6.09.